The fourth-order valence-corrected chi connectivity index (χ4v) is 2.64. The fourth-order valence-electron chi connectivity index (χ4n) is 2.64. The number of benzene rings is 1. The highest BCUT2D eigenvalue weighted by atomic mass is 16.2. The largest absolute Gasteiger partial charge is 0.366 e. The molecule has 23 heavy (non-hydrogen) atoms. The Labute approximate surface area is 133 Å². The van der Waals surface area contributed by atoms with Gasteiger partial charge in [0.1, 0.15) is 5.69 Å². The van der Waals surface area contributed by atoms with E-state index in [1.54, 1.807) is 17.8 Å². The molecule has 6 heteroatoms. The van der Waals surface area contributed by atoms with Gasteiger partial charge in [0.05, 0.1) is 5.56 Å². The van der Waals surface area contributed by atoms with Gasteiger partial charge in [0, 0.05) is 31.0 Å². The van der Waals surface area contributed by atoms with Crippen LogP contribution in [0.1, 0.15) is 32.1 Å². The van der Waals surface area contributed by atoms with Crippen LogP contribution in [0.3, 0.4) is 0 Å². The van der Waals surface area contributed by atoms with Crippen molar-refractivity contribution in [2.75, 3.05) is 0 Å². The minimum absolute atomic E-state index is 0.245. The van der Waals surface area contributed by atoms with Crippen molar-refractivity contribution in [3.8, 4) is 0 Å². The molecule has 3 rings (SSSR count). The molecule has 0 atom stereocenters. The Morgan fingerprint density at radius 1 is 1.26 bits per heavy atom. The van der Waals surface area contributed by atoms with E-state index in [1.807, 2.05) is 25.1 Å². The Morgan fingerprint density at radius 3 is 2.74 bits per heavy atom. The average Bonchev–Trinajstić information content (AvgIpc) is 3.06. The van der Waals surface area contributed by atoms with E-state index in [0.29, 0.717) is 17.8 Å². The first kappa shape index (κ1) is 14.9. The van der Waals surface area contributed by atoms with Crippen molar-refractivity contribution in [1.82, 2.24) is 14.9 Å². The van der Waals surface area contributed by atoms with Crippen LogP contribution in [0.2, 0.25) is 0 Å². The first-order valence-corrected chi connectivity index (χ1v) is 7.26. The van der Waals surface area contributed by atoms with Crippen LogP contribution >= 0.6 is 0 Å². The molecular weight excluding hydrogens is 292 g/mol. The molecule has 1 aromatic carbocycles. The molecule has 0 saturated carbocycles. The van der Waals surface area contributed by atoms with Crippen LogP contribution in [0, 0.1) is 6.92 Å². The van der Waals surface area contributed by atoms with Gasteiger partial charge in [-0.05, 0) is 42.1 Å². The van der Waals surface area contributed by atoms with E-state index in [-0.39, 0.29) is 5.91 Å². The third-order valence-electron chi connectivity index (χ3n) is 3.79. The predicted molar refractivity (Wildman–Crippen MR) is 88.1 cm³/mol. The van der Waals surface area contributed by atoms with Crippen molar-refractivity contribution >= 4 is 22.7 Å². The van der Waals surface area contributed by atoms with E-state index in [9.17, 15) is 9.59 Å². The van der Waals surface area contributed by atoms with E-state index >= 15 is 0 Å². The van der Waals surface area contributed by atoms with E-state index in [4.69, 9.17) is 5.73 Å². The fraction of sp³-hybridized carbons (Fsp3) is 0.176. The Bertz CT molecular complexity index is 905. The number of carbonyl (C=O) groups is 2. The first-order chi connectivity index (χ1) is 10.9. The van der Waals surface area contributed by atoms with Crippen LogP contribution in [-0.2, 0) is 13.6 Å². The Kier molecular flexibility index (Phi) is 3.65. The van der Waals surface area contributed by atoms with Crippen LogP contribution in [0.15, 0.2) is 36.5 Å². The molecule has 2 aromatic heterocycles. The number of hydrogen-bond donors (Lipinski definition) is 3. The van der Waals surface area contributed by atoms with Gasteiger partial charge in [-0.2, -0.15) is 0 Å². The molecule has 0 fully saturated rings. The highest BCUT2D eigenvalue weighted by Crippen LogP contribution is 2.17. The van der Waals surface area contributed by atoms with Gasteiger partial charge in [-0.15, -0.1) is 0 Å². The number of hydrogen-bond acceptors (Lipinski definition) is 2. The lowest BCUT2D eigenvalue weighted by Gasteiger charge is -2.06. The van der Waals surface area contributed by atoms with Gasteiger partial charge >= 0.3 is 0 Å². The van der Waals surface area contributed by atoms with Crippen LogP contribution in [0.25, 0.3) is 10.9 Å². The highest BCUT2D eigenvalue weighted by molar-refractivity contribution is 5.98. The number of amides is 2. The maximum atomic E-state index is 12.3. The van der Waals surface area contributed by atoms with Gasteiger partial charge in [-0.25, -0.2) is 0 Å². The second-order valence-electron chi connectivity index (χ2n) is 5.65. The molecule has 2 amide bonds. The summed E-state index contributed by atoms with van der Waals surface area (Å²) in [5.74, 6) is -0.793. The van der Waals surface area contributed by atoms with Crippen LogP contribution in [-0.4, -0.2) is 21.4 Å². The number of primary amides is 1. The van der Waals surface area contributed by atoms with Gasteiger partial charge in [0.15, 0.2) is 0 Å². The van der Waals surface area contributed by atoms with Gasteiger partial charge in [-0.1, -0.05) is 6.07 Å². The molecule has 0 unspecified atom stereocenters. The lowest BCUT2D eigenvalue weighted by atomic mass is 10.1. The molecule has 0 aliphatic heterocycles. The number of H-pyrrole nitrogens is 1. The zero-order chi connectivity index (χ0) is 16.6. The van der Waals surface area contributed by atoms with Gasteiger partial charge in [-0.3, -0.25) is 9.59 Å². The smallest absolute Gasteiger partial charge is 0.268 e. The minimum atomic E-state index is -0.548. The maximum Gasteiger partial charge on any atom is 0.268 e. The molecule has 6 nitrogen and oxygen atoms in total. The third-order valence-corrected chi connectivity index (χ3v) is 3.79. The Balaban J connectivity index is 1.73. The minimum Gasteiger partial charge on any atom is -0.366 e. The second kappa shape index (κ2) is 5.64. The molecule has 0 aliphatic carbocycles. The summed E-state index contributed by atoms with van der Waals surface area (Å²) in [5.41, 5.74) is 9.14. The maximum absolute atomic E-state index is 12.3. The molecule has 0 radical (unpaired) electrons. The van der Waals surface area contributed by atoms with Crippen molar-refractivity contribution in [3.63, 3.8) is 0 Å². The SMILES string of the molecule is Cc1cc2cc(CNC(=O)c3cc(C(N)=O)cn3C)ccc2[nH]1. The average molecular weight is 310 g/mol. The summed E-state index contributed by atoms with van der Waals surface area (Å²) in [6.07, 6.45) is 1.55. The summed E-state index contributed by atoms with van der Waals surface area (Å²) in [6.45, 7) is 2.42. The van der Waals surface area contributed by atoms with E-state index in [2.05, 4.69) is 16.4 Å². The number of aryl methyl sites for hydroxylation is 2. The van der Waals surface area contributed by atoms with Crippen LogP contribution in [0.5, 0.6) is 0 Å². The molecule has 2 heterocycles. The van der Waals surface area contributed by atoms with Gasteiger partial charge < -0.3 is 20.6 Å². The molecule has 3 aromatic rings. The summed E-state index contributed by atoms with van der Waals surface area (Å²) in [6, 6.07) is 9.57. The quantitative estimate of drug-likeness (QED) is 0.686. The molecule has 0 aliphatic rings. The molecular formula is C17H18N4O2. The molecule has 4 N–H and O–H groups in total. The van der Waals surface area contributed by atoms with Crippen molar-refractivity contribution in [1.29, 1.82) is 0 Å². The number of nitrogens with zero attached hydrogens (tertiary/aromatic N) is 1. The number of fused-ring (bicyclic) bond motifs is 1. The normalized spacial score (nSPS) is 10.9. The lowest BCUT2D eigenvalue weighted by molar-refractivity contribution is 0.0942. The standard InChI is InChI=1S/C17H18N4O2/c1-10-5-12-6-11(3-4-14(12)20-10)8-19-17(23)15-7-13(16(18)22)9-21(15)2/h3-7,9,20H,8H2,1-2H3,(H2,18,22)(H,19,23). The van der Waals surface area contributed by atoms with Gasteiger partial charge in [0.25, 0.3) is 5.91 Å². The number of nitrogens with one attached hydrogen (secondary N) is 2. The van der Waals surface area contributed by atoms with Crippen molar-refractivity contribution < 1.29 is 9.59 Å². The summed E-state index contributed by atoms with van der Waals surface area (Å²) in [7, 11) is 1.70. The number of rotatable bonds is 4. The second-order valence-corrected chi connectivity index (χ2v) is 5.65. The Hall–Kier alpha value is -3.02. The van der Waals surface area contributed by atoms with Crippen LogP contribution in [0.4, 0.5) is 0 Å². The number of aromatic nitrogens is 2. The monoisotopic (exact) mass is 310 g/mol. The van der Waals surface area contributed by atoms with Crippen molar-refractivity contribution in [3.05, 3.63) is 59.0 Å². The van der Waals surface area contributed by atoms with Crippen molar-refractivity contribution in [2.45, 2.75) is 13.5 Å². The lowest BCUT2D eigenvalue weighted by Crippen LogP contribution is -2.24. The summed E-state index contributed by atoms with van der Waals surface area (Å²) >= 11 is 0. The zero-order valence-electron chi connectivity index (χ0n) is 13.0. The molecule has 0 spiro atoms. The summed E-state index contributed by atoms with van der Waals surface area (Å²) in [5, 5.41) is 3.97. The number of aromatic amines is 1. The number of carbonyl (C=O) groups excluding carboxylic acids is 2. The van der Waals surface area contributed by atoms with Gasteiger partial charge in [0.2, 0.25) is 5.91 Å². The number of nitrogens with two attached hydrogens (primary N) is 1. The topological polar surface area (TPSA) is 92.9 Å². The summed E-state index contributed by atoms with van der Waals surface area (Å²) < 4.78 is 1.59. The third kappa shape index (κ3) is 2.96. The first-order valence-electron chi connectivity index (χ1n) is 7.26. The van der Waals surface area contributed by atoms with E-state index < -0.39 is 5.91 Å². The molecule has 0 saturated heterocycles. The Morgan fingerprint density at radius 2 is 2.04 bits per heavy atom. The molecule has 118 valence electrons. The zero-order valence-corrected chi connectivity index (χ0v) is 13.0. The summed E-state index contributed by atoms with van der Waals surface area (Å²) in [4.78, 5) is 26.7. The molecule has 0 bridgehead atoms. The highest BCUT2D eigenvalue weighted by Gasteiger charge is 2.14. The van der Waals surface area contributed by atoms with E-state index in [0.717, 1.165) is 22.2 Å². The van der Waals surface area contributed by atoms with E-state index in [1.165, 1.54) is 6.07 Å². The van der Waals surface area contributed by atoms with Crippen LogP contribution < -0.4 is 11.1 Å². The predicted octanol–water partition coefficient (Wildman–Crippen LogP) is 1.84. The van der Waals surface area contributed by atoms with Crippen molar-refractivity contribution in [2.24, 2.45) is 12.8 Å².